The molecule has 0 heterocycles. The van der Waals surface area contributed by atoms with Gasteiger partial charge in [0.15, 0.2) is 0 Å². The molecule has 0 aliphatic heterocycles. The van der Waals surface area contributed by atoms with Crippen LogP contribution in [-0.2, 0) is 11.8 Å². The Morgan fingerprint density at radius 3 is 2.21 bits per heavy atom. The lowest BCUT2D eigenvalue weighted by Gasteiger charge is -2.33. The van der Waals surface area contributed by atoms with E-state index in [0.29, 0.717) is 6.04 Å². The minimum atomic E-state index is -0.467. The van der Waals surface area contributed by atoms with Crippen LogP contribution in [0.25, 0.3) is 0 Å². The minimum absolute atomic E-state index is 0.248. The average molecular weight is 520 g/mol. The Balaban J connectivity index is 2.07. The number of hydrogen-bond acceptors (Lipinski definition) is 2. The molecule has 2 aromatic carbocycles. The molecule has 0 aliphatic carbocycles. The second-order valence-corrected chi connectivity index (χ2v) is 10.0. The minimum Gasteiger partial charge on any atom is -0.301 e. The summed E-state index contributed by atoms with van der Waals surface area (Å²) in [4.78, 5) is 2.53. The Kier molecular flexibility index (Phi) is 9.40. The van der Waals surface area contributed by atoms with Crippen LogP contribution in [0.3, 0.4) is 0 Å². The Labute approximate surface area is 193 Å². The maximum Gasteiger partial charge on any atom is 0.0846 e. The molecule has 2 rings (SSSR count). The van der Waals surface area contributed by atoms with Crippen molar-refractivity contribution in [3.63, 3.8) is 0 Å². The van der Waals surface area contributed by atoms with E-state index in [1.165, 1.54) is 5.56 Å². The maximum atomic E-state index is 10.2. The van der Waals surface area contributed by atoms with Crippen molar-refractivity contribution in [3.8, 4) is 6.07 Å². The normalized spacial score (nSPS) is 13.7. The topological polar surface area (TPSA) is 27.0 Å². The third kappa shape index (κ3) is 6.41. The molecule has 0 aliphatic rings. The van der Waals surface area contributed by atoms with Gasteiger partial charge in [-0.3, -0.25) is 0 Å². The molecule has 4 heteroatoms. The summed E-state index contributed by atoms with van der Waals surface area (Å²) in [7, 11) is 0. The molecule has 29 heavy (non-hydrogen) atoms. The lowest BCUT2D eigenvalue weighted by atomic mass is 9.70. The van der Waals surface area contributed by atoms with Gasteiger partial charge in [0.05, 0.1) is 11.5 Å². The Morgan fingerprint density at radius 2 is 1.66 bits per heavy atom. The van der Waals surface area contributed by atoms with E-state index in [0.717, 1.165) is 46.9 Å². The van der Waals surface area contributed by atoms with Crippen LogP contribution in [0.2, 0.25) is 0 Å². The van der Waals surface area contributed by atoms with E-state index >= 15 is 0 Å². The smallest absolute Gasteiger partial charge is 0.0846 e. The van der Waals surface area contributed by atoms with Crippen LogP contribution >= 0.6 is 31.9 Å². The quantitative estimate of drug-likeness (QED) is 0.327. The highest BCUT2D eigenvalue weighted by atomic mass is 79.9. The van der Waals surface area contributed by atoms with Gasteiger partial charge >= 0.3 is 0 Å². The van der Waals surface area contributed by atoms with Crippen LogP contribution in [0.1, 0.15) is 51.7 Å². The van der Waals surface area contributed by atoms with Crippen LogP contribution in [0, 0.1) is 17.2 Å². The van der Waals surface area contributed by atoms with E-state index in [2.05, 4.69) is 113 Å². The van der Waals surface area contributed by atoms with E-state index < -0.39 is 5.41 Å². The summed E-state index contributed by atoms with van der Waals surface area (Å²) < 4.78 is 2.02. The predicted molar refractivity (Wildman–Crippen MR) is 130 cm³/mol. The molecular formula is C25H32Br2N2. The van der Waals surface area contributed by atoms with Crippen molar-refractivity contribution in [3.05, 3.63) is 68.6 Å². The van der Waals surface area contributed by atoms with Gasteiger partial charge < -0.3 is 4.90 Å². The van der Waals surface area contributed by atoms with Crippen molar-refractivity contribution in [1.82, 2.24) is 4.90 Å². The number of nitriles is 1. The molecule has 0 bridgehead atoms. The molecule has 1 atom stereocenters. The molecular weight excluding hydrogens is 488 g/mol. The third-order valence-corrected chi connectivity index (χ3v) is 7.78. The maximum absolute atomic E-state index is 10.2. The molecule has 156 valence electrons. The Hall–Kier alpha value is -1.15. The number of halogens is 2. The summed E-state index contributed by atoms with van der Waals surface area (Å²) in [6, 6.07) is 20.1. The van der Waals surface area contributed by atoms with Gasteiger partial charge in [0.2, 0.25) is 0 Å². The zero-order valence-electron chi connectivity index (χ0n) is 18.0. The van der Waals surface area contributed by atoms with Gasteiger partial charge in [-0.05, 0) is 101 Å². The van der Waals surface area contributed by atoms with E-state index in [4.69, 9.17) is 0 Å². The number of benzene rings is 2. The average Bonchev–Trinajstić information content (AvgIpc) is 2.70. The van der Waals surface area contributed by atoms with Crippen LogP contribution < -0.4 is 0 Å². The largest absolute Gasteiger partial charge is 0.301 e. The fourth-order valence-electron chi connectivity index (χ4n) is 3.90. The van der Waals surface area contributed by atoms with Crippen LogP contribution in [-0.4, -0.2) is 24.0 Å². The number of hydrogen-bond donors (Lipinski definition) is 0. The second kappa shape index (κ2) is 11.3. The molecule has 0 saturated carbocycles. The van der Waals surface area contributed by atoms with E-state index in [1.807, 2.05) is 6.07 Å². The highest BCUT2D eigenvalue weighted by Crippen LogP contribution is 2.39. The van der Waals surface area contributed by atoms with Crippen LogP contribution in [0.15, 0.2) is 57.5 Å². The molecule has 0 N–H and O–H groups in total. The molecule has 2 nitrogen and oxygen atoms in total. The summed E-state index contributed by atoms with van der Waals surface area (Å²) in [6.07, 6.45) is 2.93. The van der Waals surface area contributed by atoms with Gasteiger partial charge in [0.1, 0.15) is 0 Å². The molecule has 0 radical (unpaired) electrons. The van der Waals surface area contributed by atoms with Gasteiger partial charge in [-0.2, -0.15) is 5.26 Å². The summed E-state index contributed by atoms with van der Waals surface area (Å²) >= 11 is 7.15. The molecule has 1 unspecified atom stereocenters. The van der Waals surface area contributed by atoms with E-state index in [-0.39, 0.29) is 5.92 Å². The summed E-state index contributed by atoms with van der Waals surface area (Å²) in [5, 5.41) is 10.2. The lowest BCUT2D eigenvalue weighted by Crippen LogP contribution is -2.36. The first kappa shape index (κ1) is 24.1. The first-order valence-electron chi connectivity index (χ1n) is 10.4. The first-order valence-corrected chi connectivity index (χ1v) is 12.0. The molecule has 0 aromatic heterocycles. The molecule has 2 aromatic rings. The Morgan fingerprint density at radius 1 is 0.966 bits per heavy atom. The van der Waals surface area contributed by atoms with E-state index in [9.17, 15) is 5.26 Å². The highest BCUT2D eigenvalue weighted by molar-refractivity contribution is 9.13. The standard InChI is InChI=1S/C25H32Br2N2/c1-19(2)25(18-28,22-11-12-23(26)24(27)17-22)14-8-15-29(20(3)4)16-13-21-9-6-5-7-10-21/h5-7,9-12,17,19-20H,8,13-16H2,1-4H3. The van der Waals surface area contributed by atoms with Crippen molar-refractivity contribution in [2.24, 2.45) is 5.92 Å². The van der Waals surface area contributed by atoms with Gasteiger partial charge in [-0.1, -0.05) is 50.2 Å². The van der Waals surface area contributed by atoms with Crippen LogP contribution in [0.5, 0.6) is 0 Å². The molecule has 0 spiro atoms. The lowest BCUT2D eigenvalue weighted by molar-refractivity contribution is 0.210. The number of nitrogens with zero attached hydrogens (tertiary/aromatic N) is 2. The van der Waals surface area contributed by atoms with Crippen molar-refractivity contribution >= 4 is 31.9 Å². The molecule has 0 fully saturated rings. The van der Waals surface area contributed by atoms with Gasteiger partial charge in [-0.15, -0.1) is 0 Å². The van der Waals surface area contributed by atoms with Crippen molar-refractivity contribution in [2.45, 2.75) is 58.4 Å². The van der Waals surface area contributed by atoms with Crippen molar-refractivity contribution in [2.75, 3.05) is 13.1 Å². The summed E-state index contributed by atoms with van der Waals surface area (Å²) in [5.74, 6) is 0.248. The van der Waals surface area contributed by atoms with Gasteiger partial charge in [0, 0.05) is 21.5 Å². The molecule has 0 saturated heterocycles. The van der Waals surface area contributed by atoms with E-state index in [1.54, 1.807) is 0 Å². The number of rotatable bonds is 10. The van der Waals surface area contributed by atoms with Gasteiger partial charge in [0.25, 0.3) is 0 Å². The first-order chi connectivity index (χ1) is 13.8. The van der Waals surface area contributed by atoms with Crippen LogP contribution in [0.4, 0.5) is 0 Å². The zero-order chi connectivity index (χ0) is 21.4. The monoisotopic (exact) mass is 518 g/mol. The van der Waals surface area contributed by atoms with Gasteiger partial charge in [-0.25, -0.2) is 0 Å². The highest BCUT2D eigenvalue weighted by Gasteiger charge is 2.36. The molecule has 0 amide bonds. The second-order valence-electron chi connectivity index (χ2n) is 8.34. The SMILES string of the molecule is CC(C)N(CCCC(C#N)(c1ccc(Br)c(Br)c1)C(C)C)CCc1ccccc1. The van der Waals surface area contributed by atoms with Crippen molar-refractivity contribution in [1.29, 1.82) is 5.26 Å². The summed E-state index contributed by atoms with van der Waals surface area (Å²) in [5.41, 5.74) is 2.02. The predicted octanol–water partition coefficient (Wildman–Crippen LogP) is 7.36. The summed E-state index contributed by atoms with van der Waals surface area (Å²) in [6.45, 7) is 10.9. The fraction of sp³-hybridized carbons (Fsp3) is 0.480. The fourth-order valence-corrected chi connectivity index (χ4v) is 4.52. The zero-order valence-corrected chi connectivity index (χ0v) is 21.1. The Bertz CT molecular complexity index is 811. The van der Waals surface area contributed by atoms with Crippen molar-refractivity contribution < 1.29 is 0 Å². The third-order valence-electron chi connectivity index (χ3n) is 5.90.